The Labute approximate surface area is 67.9 Å². The van der Waals surface area contributed by atoms with E-state index in [-0.39, 0.29) is 6.29 Å². The van der Waals surface area contributed by atoms with Crippen LogP contribution in [-0.2, 0) is 9.47 Å². The topological polar surface area (TPSA) is 44.5 Å². The first-order chi connectivity index (χ1) is 5.25. The SMILES string of the molecule is CC(C)C(CN)C1OCCO1. The molecule has 1 aliphatic heterocycles. The highest BCUT2D eigenvalue weighted by Crippen LogP contribution is 2.20. The third kappa shape index (κ3) is 2.15. The maximum atomic E-state index is 5.59. The molecule has 0 bridgehead atoms. The minimum absolute atomic E-state index is 0.0556. The van der Waals surface area contributed by atoms with Crippen molar-refractivity contribution < 1.29 is 9.47 Å². The van der Waals surface area contributed by atoms with E-state index < -0.39 is 0 Å². The molecular weight excluding hydrogens is 142 g/mol. The number of ether oxygens (including phenoxy) is 2. The van der Waals surface area contributed by atoms with Crippen LogP contribution < -0.4 is 5.73 Å². The fraction of sp³-hybridized carbons (Fsp3) is 1.00. The second kappa shape index (κ2) is 4.04. The molecule has 0 aliphatic carbocycles. The highest BCUT2D eigenvalue weighted by Gasteiger charge is 2.27. The smallest absolute Gasteiger partial charge is 0.162 e. The molecule has 0 aromatic heterocycles. The van der Waals surface area contributed by atoms with Crippen molar-refractivity contribution in [3.8, 4) is 0 Å². The number of rotatable bonds is 3. The second-order valence-electron chi connectivity index (χ2n) is 3.25. The van der Waals surface area contributed by atoms with Gasteiger partial charge in [-0.25, -0.2) is 0 Å². The van der Waals surface area contributed by atoms with Gasteiger partial charge in [0.2, 0.25) is 0 Å². The van der Waals surface area contributed by atoms with E-state index in [0.29, 0.717) is 31.6 Å². The van der Waals surface area contributed by atoms with Gasteiger partial charge in [-0.05, 0) is 5.92 Å². The van der Waals surface area contributed by atoms with Crippen LogP contribution in [0.1, 0.15) is 13.8 Å². The van der Waals surface area contributed by atoms with Gasteiger partial charge in [0.25, 0.3) is 0 Å². The Balaban J connectivity index is 2.40. The van der Waals surface area contributed by atoms with Crippen LogP contribution in [0.4, 0.5) is 0 Å². The van der Waals surface area contributed by atoms with Crippen molar-refractivity contribution in [2.24, 2.45) is 17.6 Å². The monoisotopic (exact) mass is 159 g/mol. The van der Waals surface area contributed by atoms with E-state index in [4.69, 9.17) is 15.2 Å². The van der Waals surface area contributed by atoms with Crippen LogP contribution in [0.3, 0.4) is 0 Å². The van der Waals surface area contributed by atoms with Crippen molar-refractivity contribution in [3.63, 3.8) is 0 Å². The first-order valence-electron chi connectivity index (χ1n) is 4.19. The van der Waals surface area contributed by atoms with Crippen LogP contribution >= 0.6 is 0 Å². The van der Waals surface area contributed by atoms with E-state index >= 15 is 0 Å². The Kier molecular flexibility index (Phi) is 3.30. The largest absolute Gasteiger partial charge is 0.350 e. The van der Waals surface area contributed by atoms with E-state index in [9.17, 15) is 0 Å². The summed E-state index contributed by atoms with van der Waals surface area (Å²) in [5, 5.41) is 0. The predicted octanol–water partition coefficient (Wildman–Crippen LogP) is 0.590. The molecule has 3 heteroatoms. The molecule has 1 heterocycles. The van der Waals surface area contributed by atoms with Crippen molar-refractivity contribution in [2.45, 2.75) is 20.1 Å². The third-order valence-corrected chi connectivity index (χ3v) is 2.13. The van der Waals surface area contributed by atoms with E-state index in [1.807, 2.05) is 0 Å². The minimum atomic E-state index is -0.0556. The molecule has 11 heavy (non-hydrogen) atoms. The second-order valence-corrected chi connectivity index (χ2v) is 3.25. The van der Waals surface area contributed by atoms with Crippen molar-refractivity contribution in [2.75, 3.05) is 19.8 Å². The molecule has 1 aliphatic rings. The van der Waals surface area contributed by atoms with E-state index in [1.165, 1.54) is 0 Å². The normalized spacial score (nSPS) is 22.9. The minimum Gasteiger partial charge on any atom is -0.350 e. The van der Waals surface area contributed by atoms with Crippen LogP contribution in [0.2, 0.25) is 0 Å². The molecule has 1 atom stereocenters. The van der Waals surface area contributed by atoms with Gasteiger partial charge in [-0.3, -0.25) is 0 Å². The lowest BCUT2D eigenvalue weighted by molar-refractivity contribution is -0.0925. The average molecular weight is 159 g/mol. The maximum Gasteiger partial charge on any atom is 0.162 e. The van der Waals surface area contributed by atoms with Crippen LogP contribution in [0.15, 0.2) is 0 Å². The van der Waals surface area contributed by atoms with E-state index in [2.05, 4.69) is 13.8 Å². The van der Waals surface area contributed by atoms with Crippen molar-refractivity contribution >= 4 is 0 Å². The van der Waals surface area contributed by atoms with Gasteiger partial charge in [-0.1, -0.05) is 13.8 Å². The molecule has 1 fully saturated rings. The number of hydrogen-bond donors (Lipinski definition) is 1. The molecule has 2 N–H and O–H groups in total. The molecular formula is C8H17NO2. The van der Waals surface area contributed by atoms with Gasteiger partial charge in [0.05, 0.1) is 13.2 Å². The zero-order chi connectivity index (χ0) is 8.27. The number of nitrogens with two attached hydrogens (primary N) is 1. The Morgan fingerprint density at radius 2 is 1.91 bits per heavy atom. The molecule has 66 valence electrons. The Hall–Kier alpha value is -0.120. The molecule has 1 unspecified atom stereocenters. The van der Waals surface area contributed by atoms with Gasteiger partial charge in [-0.15, -0.1) is 0 Å². The summed E-state index contributed by atoms with van der Waals surface area (Å²) in [7, 11) is 0. The van der Waals surface area contributed by atoms with Crippen molar-refractivity contribution in [1.82, 2.24) is 0 Å². The third-order valence-electron chi connectivity index (χ3n) is 2.13. The van der Waals surface area contributed by atoms with Crippen molar-refractivity contribution in [3.05, 3.63) is 0 Å². The lowest BCUT2D eigenvalue weighted by Crippen LogP contribution is -2.32. The summed E-state index contributed by atoms with van der Waals surface area (Å²) in [6.45, 7) is 6.36. The zero-order valence-corrected chi connectivity index (χ0v) is 7.25. The van der Waals surface area contributed by atoms with Crippen LogP contribution in [0, 0.1) is 11.8 Å². The van der Waals surface area contributed by atoms with Crippen LogP contribution in [0.5, 0.6) is 0 Å². The summed E-state index contributed by atoms with van der Waals surface area (Å²) in [6, 6.07) is 0. The Bertz CT molecular complexity index is 111. The molecule has 0 saturated carbocycles. The highest BCUT2D eigenvalue weighted by atomic mass is 16.7. The summed E-state index contributed by atoms with van der Waals surface area (Å²) < 4.78 is 10.7. The highest BCUT2D eigenvalue weighted by molar-refractivity contribution is 4.70. The molecule has 0 aromatic rings. The van der Waals surface area contributed by atoms with Gasteiger partial charge >= 0.3 is 0 Å². The molecule has 0 radical (unpaired) electrons. The van der Waals surface area contributed by atoms with Gasteiger partial charge in [0, 0.05) is 12.5 Å². The lowest BCUT2D eigenvalue weighted by atomic mass is 9.95. The van der Waals surface area contributed by atoms with E-state index in [0.717, 1.165) is 0 Å². The molecule has 0 amide bonds. The maximum absolute atomic E-state index is 5.59. The summed E-state index contributed by atoms with van der Waals surface area (Å²) in [6.07, 6.45) is -0.0556. The average Bonchev–Trinajstić information content (AvgIpc) is 2.40. The molecule has 1 saturated heterocycles. The quantitative estimate of drug-likeness (QED) is 0.655. The summed E-state index contributed by atoms with van der Waals surface area (Å²) in [5.74, 6) is 0.876. The summed E-state index contributed by atoms with van der Waals surface area (Å²) in [4.78, 5) is 0. The first kappa shape index (κ1) is 8.97. The predicted molar refractivity (Wildman–Crippen MR) is 43.1 cm³/mol. The van der Waals surface area contributed by atoms with Gasteiger partial charge in [0.15, 0.2) is 6.29 Å². The first-order valence-corrected chi connectivity index (χ1v) is 4.19. The summed E-state index contributed by atoms with van der Waals surface area (Å²) >= 11 is 0. The van der Waals surface area contributed by atoms with Crippen LogP contribution in [-0.4, -0.2) is 26.0 Å². The zero-order valence-electron chi connectivity index (χ0n) is 7.25. The Morgan fingerprint density at radius 1 is 1.36 bits per heavy atom. The molecule has 3 nitrogen and oxygen atoms in total. The molecule has 1 rings (SSSR count). The Morgan fingerprint density at radius 3 is 2.27 bits per heavy atom. The summed E-state index contributed by atoms with van der Waals surface area (Å²) in [5.41, 5.74) is 5.59. The van der Waals surface area contributed by atoms with Crippen LogP contribution in [0.25, 0.3) is 0 Å². The standard InChI is InChI=1S/C8H17NO2/c1-6(2)7(5-9)8-10-3-4-11-8/h6-8H,3-5,9H2,1-2H3. The fourth-order valence-electron chi connectivity index (χ4n) is 1.32. The van der Waals surface area contributed by atoms with Gasteiger partial charge in [0.1, 0.15) is 0 Å². The molecule has 0 spiro atoms. The van der Waals surface area contributed by atoms with E-state index in [1.54, 1.807) is 0 Å². The van der Waals surface area contributed by atoms with Crippen molar-refractivity contribution in [1.29, 1.82) is 0 Å². The van der Waals surface area contributed by atoms with Gasteiger partial charge in [-0.2, -0.15) is 0 Å². The fourth-order valence-corrected chi connectivity index (χ4v) is 1.32. The number of hydrogen-bond acceptors (Lipinski definition) is 3. The van der Waals surface area contributed by atoms with Gasteiger partial charge < -0.3 is 15.2 Å². The lowest BCUT2D eigenvalue weighted by Gasteiger charge is -2.23. The molecule has 0 aromatic carbocycles.